The summed E-state index contributed by atoms with van der Waals surface area (Å²) in [6.07, 6.45) is 1.03. The van der Waals surface area contributed by atoms with Gasteiger partial charge in [0.25, 0.3) is 0 Å². The minimum absolute atomic E-state index is 0.0175. The van der Waals surface area contributed by atoms with Crippen molar-refractivity contribution in [1.82, 2.24) is 5.32 Å². The minimum Gasteiger partial charge on any atom is -0.496 e. The standard InChI is InChI=1S/C18H19NO2/c1-12-3-6-17(21-2)16(9-12)18(20)14-5-4-13-7-8-19-11-15(13)10-14/h3-6,9-10,19H,7-8,11H2,1-2H3. The highest BCUT2D eigenvalue weighted by Crippen LogP contribution is 2.24. The zero-order valence-corrected chi connectivity index (χ0v) is 12.4. The highest BCUT2D eigenvalue weighted by Gasteiger charge is 2.17. The summed E-state index contributed by atoms with van der Waals surface area (Å²) in [5, 5.41) is 3.34. The smallest absolute Gasteiger partial charge is 0.196 e. The Morgan fingerprint density at radius 2 is 2.00 bits per heavy atom. The highest BCUT2D eigenvalue weighted by molar-refractivity contribution is 6.11. The lowest BCUT2D eigenvalue weighted by Gasteiger charge is -2.18. The van der Waals surface area contributed by atoms with E-state index in [1.54, 1.807) is 7.11 Å². The Morgan fingerprint density at radius 3 is 2.81 bits per heavy atom. The zero-order valence-electron chi connectivity index (χ0n) is 12.4. The maximum atomic E-state index is 12.8. The van der Waals surface area contributed by atoms with Gasteiger partial charge in [-0.2, -0.15) is 0 Å². The van der Waals surface area contributed by atoms with E-state index in [9.17, 15) is 4.79 Å². The molecule has 1 aliphatic heterocycles. The summed E-state index contributed by atoms with van der Waals surface area (Å²) in [7, 11) is 1.60. The van der Waals surface area contributed by atoms with Crippen LogP contribution in [0, 0.1) is 6.92 Å². The monoisotopic (exact) mass is 281 g/mol. The van der Waals surface area contributed by atoms with Gasteiger partial charge in [-0.05, 0) is 49.2 Å². The lowest BCUT2D eigenvalue weighted by molar-refractivity contribution is 0.103. The van der Waals surface area contributed by atoms with E-state index in [1.165, 1.54) is 11.1 Å². The molecule has 0 aliphatic carbocycles. The van der Waals surface area contributed by atoms with Crippen molar-refractivity contribution in [2.24, 2.45) is 0 Å². The van der Waals surface area contributed by atoms with Crippen molar-refractivity contribution >= 4 is 5.78 Å². The highest BCUT2D eigenvalue weighted by atomic mass is 16.5. The molecule has 3 nitrogen and oxygen atoms in total. The van der Waals surface area contributed by atoms with Crippen LogP contribution in [-0.4, -0.2) is 19.4 Å². The topological polar surface area (TPSA) is 38.3 Å². The summed E-state index contributed by atoms with van der Waals surface area (Å²) in [6, 6.07) is 11.7. The molecule has 0 unspecified atom stereocenters. The van der Waals surface area contributed by atoms with Gasteiger partial charge >= 0.3 is 0 Å². The molecule has 0 bridgehead atoms. The molecule has 1 N–H and O–H groups in total. The normalized spacial score (nSPS) is 13.6. The van der Waals surface area contributed by atoms with Crippen LogP contribution in [0.2, 0.25) is 0 Å². The van der Waals surface area contributed by atoms with E-state index in [4.69, 9.17) is 4.74 Å². The predicted molar refractivity (Wildman–Crippen MR) is 83.0 cm³/mol. The van der Waals surface area contributed by atoms with Gasteiger partial charge in [-0.25, -0.2) is 0 Å². The molecule has 0 atom stereocenters. The molecule has 0 fully saturated rings. The van der Waals surface area contributed by atoms with Crippen LogP contribution in [-0.2, 0) is 13.0 Å². The van der Waals surface area contributed by atoms with Crippen molar-refractivity contribution in [3.63, 3.8) is 0 Å². The minimum atomic E-state index is 0.0175. The molecule has 0 saturated carbocycles. The zero-order chi connectivity index (χ0) is 14.8. The Hall–Kier alpha value is -2.13. The summed E-state index contributed by atoms with van der Waals surface area (Å²) in [6.45, 7) is 3.82. The number of hydrogen-bond donors (Lipinski definition) is 1. The average molecular weight is 281 g/mol. The molecule has 1 heterocycles. The van der Waals surface area contributed by atoms with Crippen LogP contribution in [0.4, 0.5) is 0 Å². The van der Waals surface area contributed by atoms with Crippen LogP contribution < -0.4 is 10.1 Å². The number of aryl methyl sites for hydroxylation is 1. The van der Waals surface area contributed by atoms with Gasteiger partial charge in [-0.15, -0.1) is 0 Å². The number of methoxy groups -OCH3 is 1. The van der Waals surface area contributed by atoms with Crippen LogP contribution in [0.15, 0.2) is 36.4 Å². The fourth-order valence-corrected chi connectivity index (χ4v) is 2.78. The molecular formula is C18H19NO2. The van der Waals surface area contributed by atoms with E-state index >= 15 is 0 Å². The number of ketones is 1. The first-order chi connectivity index (χ1) is 10.2. The number of fused-ring (bicyclic) bond motifs is 1. The summed E-state index contributed by atoms with van der Waals surface area (Å²) < 4.78 is 5.32. The Kier molecular flexibility index (Phi) is 3.76. The van der Waals surface area contributed by atoms with Gasteiger partial charge < -0.3 is 10.1 Å². The van der Waals surface area contributed by atoms with E-state index in [2.05, 4.69) is 11.4 Å². The second-order valence-electron chi connectivity index (χ2n) is 5.44. The van der Waals surface area contributed by atoms with Crippen molar-refractivity contribution < 1.29 is 9.53 Å². The van der Waals surface area contributed by atoms with Crippen LogP contribution in [0.1, 0.15) is 32.6 Å². The second kappa shape index (κ2) is 5.70. The van der Waals surface area contributed by atoms with E-state index in [0.717, 1.165) is 30.6 Å². The first-order valence-electron chi connectivity index (χ1n) is 7.21. The Balaban J connectivity index is 2.00. The fraction of sp³-hybridized carbons (Fsp3) is 0.278. The van der Waals surface area contributed by atoms with Gasteiger partial charge in [-0.1, -0.05) is 23.8 Å². The first-order valence-corrected chi connectivity index (χ1v) is 7.21. The first kappa shape index (κ1) is 13.8. The maximum Gasteiger partial charge on any atom is 0.196 e. The van der Waals surface area contributed by atoms with Crippen molar-refractivity contribution in [2.75, 3.05) is 13.7 Å². The van der Waals surface area contributed by atoms with E-state index in [-0.39, 0.29) is 5.78 Å². The summed E-state index contributed by atoms with van der Waals surface area (Å²) in [4.78, 5) is 12.8. The molecule has 3 heteroatoms. The van der Waals surface area contributed by atoms with Crippen LogP contribution in [0.25, 0.3) is 0 Å². The largest absolute Gasteiger partial charge is 0.496 e. The van der Waals surface area contributed by atoms with Gasteiger partial charge in [0.1, 0.15) is 5.75 Å². The fourth-order valence-electron chi connectivity index (χ4n) is 2.78. The van der Waals surface area contributed by atoms with Crippen LogP contribution in [0.5, 0.6) is 5.75 Å². The van der Waals surface area contributed by atoms with Gasteiger partial charge in [0, 0.05) is 12.1 Å². The Bertz CT molecular complexity index is 692. The van der Waals surface area contributed by atoms with Crippen molar-refractivity contribution in [3.8, 4) is 5.75 Å². The van der Waals surface area contributed by atoms with E-state index in [1.807, 2.05) is 37.3 Å². The predicted octanol–water partition coefficient (Wildman–Crippen LogP) is 2.88. The summed E-state index contributed by atoms with van der Waals surface area (Å²) >= 11 is 0. The molecule has 21 heavy (non-hydrogen) atoms. The summed E-state index contributed by atoms with van der Waals surface area (Å²) in [5.41, 5.74) is 4.96. The van der Waals surface area contributed by atoms with Gasteiger partial charge in [-0.3, -0.25) is 4.79 Å². The third-order valence-corrected chi connectivity index (χ3v) is 3.95. The van der Waals surface area contributed by atoms with Gasteiger partial charge in [0.05, 0.1) is 12.7 Å². The SMILES string of the molecule is COc1ccc(C)cc1C(=O)c1ccc2c(c1)CNCC2. The second-order valence-corrected chi connectivity index (χ2v) is 5.44. The maximum absolute atomic E-state index is 12.8. The Labute approximate surface area is 124 Å². The molecule has 1 aliphatic rings. The number of carbonyl (C=O) groups is 1. The van der Waals surface area contributed by atoms with Crippen molar-refractivity contribution in [1.29, 1.82) is 0 Å². The molecule has 2 aromatic carbocycles. The quantitative estimate of drug-likeness (QED) is 0.879. The molecule has 0 spiro atoms. The van der Waals surface area contributed by atoms with Crippen LogP contribution in [0.3, 0.4) is 0 Å². The lowest BCUT2D eigenvalue weighted by Crippen LogP contribution is -2.23. The number of carbonyl (C=O) groups excluding carboxylic acids is 1. The van der Waals surface area contributed by atoms with E-state index in [0.29, 0.717) is 11.3 Å². The third kappa shape index (κ3) is 2.69. The molecule has 2 aromatic rings. The number of benzene rings is 2. The number of ether oxygens (including phenoxy) is 1. The number of rotatable bonds is 3. The molecule has 108 valence electrons. The van der Waals surface area contributed by atoms with Gasteiger partial charge in [0.2, 0.25) is 0 Å². The molecule has 0 aromatic heterocycles. The molecule has 0 radical (unpaired) electrons. The summed E-state index contributed by atoms with van der Waals surface area (Å²) in [5.74, 6) is 0.644. The number of hydrogen-bond acceptors (Lipinski definition) is 3. The Morgan fingerprint density at radius 1 is 1.14 bits per heavy atom. The van der Waals surface area contributed by atoms with E-state index < -0.39 is 0 Å². The van der Waals surface area contributed by atoms with Crippen molar-refractivity contribution in [3.05, 3.63) is 64.2 Å². The molecular weight excluding hydrogens is 262 g/mol. The molecule has 0 saturated heterocycles. The number of nitrogens with one attached hydrogen (secondary N) is 1. The van der Waals surface area contributed by atoms with Crippen molar-refractivity contribution in [2.45, 2.75) is 19.9 Å². The lowest BCUT2D eigenvalue weighted by atomic mass is 9.94. The van der Waals surface area contributed by atoms with Gasteiger partial charge in [0.15, 0.2) is 5.78 Å². The van der Waals surface area contributed by atoms with Crippen LogP contribution >= 0.6 is 0 Å². The molecule has 3 rings (SSSR count). The molecule has 0 amide bonds. The third-order valence-electron chi connectivity index (χ3n) is 3.95. The average Bonchev–Trinajstić information content (AvgIpc) is 2.53.